The molecule has 0 bridgehead atoms. The van der Waals surface area contributed by atoms with Crippen molar-refractivity contribution in [2.24, 2.45) is 0 Å². The molecule has 2 N–H and O–H groups in total. The summed E-state index contributed by atoms with van der Waals surface area (Å²) in [4.78, 5) is 7.94. The zero-order valence-electron chi connectivity index (χ0n) is 13.9. The number of halogens is 2. The molecule has 132 valence electrons. The first-order valence-corrected chi connectivity index (χ1v) is 7.81. The second-order valence-corrected chi connectivity index (χ2v) is 5.48. The van der Waals surface area contributed by atoms with Crippen molar-refractivity contribution in [3.63, 3.8) is 0 Å². The molecule has 1 heterocycles. The summed E-state index contributed by atoms with van der Waals surface area (Å²) in [5.74, 6) is -1.33. The molecule has 6 nitrogen and oxygen atoms in total. The first-order chi connectivity index (χ1) is 13.1. The number of hydrogen-bond acceptors (Lipinski definition) is 6. The Labute approximate surface area is 153 Å². The van der Waals surface area contributed by atoms with Crippen LogP contribution in [0.4, 0.5) is 31.9 Å². The number of benzene rings is 2. The molecule has 0 atom stereocenters. The lowest BCUT2D eigenvalue weighted by Gasteiger charge is -2.10. The minimum Gasteiger partial charge on any atom is -0.338 e. The van der Waals surface area contributed by atoms with Gasteiger partial charge in [0, 0.05) is 11.4 Å². The third-order valence-electron chi connectivity index (χ3n) is 3.59. The lowest BCUT2D eigenvalue weighted by atomic mass is 10.1. The quantitative estimate of drug-likeness (QED) is 0.707. The lowest BCUT2D eigenvalue weighted by Crippen LogP contribution is -2.03. The molecule has 3 rings (SSSR count). The fourth-order valence-electron chi connectivity index (χ4n) is 2.27. The zero-order valence-corrected chi connectivity index (χ0v) is 13.9. The van der Waals surface area contributed by atoms with Gasteiger partial charge in [0.15, 0.2) is 11.6 Å². The Morgan fingerprint density at radius 1 is 0.926 bits per heavy atom. The molecule has 3 aromatic rings. The number of anilines is 4. The lowest BCUT2D eigenvalue weighted by molar-refractivity contribution is 0.619. The second kappa shape index (κ2) is 7.89. The summed E-state index contributed by atoms with van der Waals surface area (Å²) in [5.41, 5.74) is 1.69. The Balaban J connectivity index is 1.80. The van der Waals surface area contributed by atoms with E-state index < -0.39 is 11.6 Å². The van der Waals surface area contributed by atoms with E-state index in [0.717, 1.165) is 17.8 Å². The topological polar surface area (TPSA) is 97.4 Å². The van der Waals surface area contributed by atoms with E-state index in [-0.39, 0.29) is 17.3 Å². The fraction of sp³-hybridized carbons (Fsp3) is 0.0526. The largest absolute Gasteiger partial charge is 0.338 e. The number of rotatable bonds is 5. The number of nitrogens with one attached hydrogen (secondary N) is 2. The predicted molar refractivity (Wildman–Crippen MR) is 95.4 cm³/mol. The molecule has 0 aliphatic rings. The van der Waals surface area contributed by atoms with Crippen molar-refractivity contribution >= 4 is 23.1 Å². The molecular formula is C19H12F2N6. The van der Waals surface area contributed by atoms with Crippen LogP contribution >= 0.6 is 0 Å². The van der Waals surface area contributed by atoms with Crippen molar-refractivity contribution in [3.05, 3.63) is 71.4 Å². The molecule has 8 heteroatoms. The Morgan fingerprint density at radius 3 is 2.37 bits per heavy atom. The Hall–Kier alpha value is -4.04. The molecule has 0 saturated carbocycles. The van der Waals surface area contributed by atoms with Crippen molar-refractivity contribution in [1.82, 2.24) is 9.97 Å². The van der Waals surface area contributed by atoms with Gasteiger partial charge in [0.05, 0.1) is 24.3 Å². The van der Waals surface area contributed by atoms with Gasteiger partial charge in [-0.25, -0.2) is 13.8 Å². The van der Waals surface area contributed by atoms with Gasteiger partial charge in [-0.2, -0.15) is 15.5 Å². The molecule has 27 heavy (non-hydrogen) atoms. The van der Waals surface area contributed by atoms with Gasteiger partial charge >= 0.3 is 0 Å². The molecule has 0 saturated heterocycles. The summed E-state index contributed by atoms with van der Waals surface area (Å²) in [6.07, 6.45) is 1.31. The van der Waals surface area contributed by atoms with E-state index in [2.05, 4.69) is 26.7 Å². The molecule has 1 aromatic heterocycles. The highest BCUT2D eigenvalue weighted by atomic mass is 19.1. The van der Waals surface area contributed by atoms with Crippen molar-refractivity contribution in [1.29, 1.82) is 10.5 Å². The van der Waals surface area contributed by atoms with Crippen LogP contribution in [0.15, 0.2) is 48.7 Å². The average molecular weight is 362 g/mol. The molecule has 0 aliphatic carbocycles. The maximum absolute atomic E-state index is 14.0. The van der Waals surface area contributed by atoms with Crippen LogP contribution in [0.25, 0.3) is 0 Å². The van der Waals surface area contributed by atoms with Crippen LogP contribution in [0.3, 0.4) is 0 Å². The summed E-state index contributed by atoms with van der Waals surface area (Å²) in [5, 5.41) is 23.2. The monoisotopic (exact) mass is 362 g/mol. The number of nitriles is 2. The highest BCUT2D eigenvalue weighted by Crippen LogP contribution is 2.22. The normalized spacial score (nSPS) is 9.93. The summed E-state index contributed by atoms with van der Waals surface area (Å²) < 4.78 is 27.4. The fourth-order valence-corrected chi connectivity index (χ4v) is 2.27. The third-order valence-corrected chi connectivity index (χ3v) is 3.59. The zero-order chi connectivity index (χ0) is 19.2. The van der Waals surface area contributed by atoms with Crippen molar-refractivity contribution < 1.29 is 8.78 Å². The van der Waals surface area contributed by atoms with Crippen LogP contribution in [0.5, 0.6) is 0 Å². The first kappa shape index (κ1) is 17.8. The molecule has 0 fully saturated rings. The predicted octanol–water partition coefficient (Wildman–Crippen LogP) is 4.18. The Kier molecular flexibility index (Phi) is 5.20. The minimum absolute atomic E-state index is 0.121. The van der Waals surface area contributed by atoms with E-state index in [1.807, 2.05) is 0 Å². The van der Waals surface area contributed by atoms with Gasteiger partial charge in [-0.3, -0.25) is 0 Å². The van der Waals surface area contributed by atoms with Crippen LogP contribution in [-0.4, -0.2) is 9.97 Å². The van der Waals surface area contributed by atoms with Crippen LogP contribution in [0.2, 0.25) is 0 Å². The van der Waals surface area contributed by atoms with Crippen LogP contribution in [-0.2, 0) is 6.42 Å². The van der Waals surface area contributed by atoms with Gasteiger partial charge in [-0.1, -0.05) is 12.1 Å². The van der Waals surface area contributed by atoms with Gasteiger partial charge < -0.3 is 10.6 Å². The maximum atomic E-state index is 14.0. The SMILES string of the molecule is N#CCc1ccc(Nc2ncc(F)c(Nc3ccc(F)c(C#N)c3)n2)cc1. The van der Waals surface area contributed by atoms with Gasteiger partial charge in [0.2, 0.25) is 5.95 Å². The van der Waals surface area contributed by atoms with Crippen molar-refractivity contribution in [2.75, 3.05) is 10.6 Å². The number of aromatic nitrogens is 2. The molecule has 0 aliphatic heterocycles. The van der Waals surface area contributed by atoms with E-state index >= 15 is 0 Å². The smallest absolute Gasteiger partial charge is 0.229 e. The van der Waals surface area contributed by atoms with Crippen molar-refractivity contribution in [3.8, 4) is 12.1 Å². The standard InChI is InChI=1S/C19H12F2N6/c20-16-6-5-15(9-13(16)10-23)25-18-17(21)11-24-19(27-18)26-14-3-1-12(2-4-14)7-8-22/h1-6,9,11H,7H2,(H2,24,25,26,27). The molecule has 0 unspecified atom stereocenters. The summed E-state index contributed by atoms with van der Waals surface area (Å²) in [7, 11) is 0. The summed E-state index contributed by atoms with van der Waals surface area (Å²) >= 11 is 0. The molecule has 0 spiro atoms. The summed E-state index contributed by atoms with van der Waals surface area (Å²) in [6.45, 7) is 0. The van der Waals surface area contributed by atoms with Crippen LogP contribution in [0, 0.1) is 34.3 Å². The Bertz CT molecular complexity index is 1050. The van der Waals surface area contributed by atoms with Crippen LogP contribution < -0.4 is 10.6 Å². The van der Waals surface area contributed by atoms with Crippen molar-refractivity contribution in [2.45, 2.75) is 6.42 Å². The van der Waals surface area contributed by atoms with E-state index in [0.29, 0.717) is 17.8 Å². The Morgan fingerprint density at radius 2 is 1.67 bits per heavy atom. The molecule has 0 radical (unpaired) electrons. The molecular weight excluding hydrogens is 350 g/mol. The van der Waals surface area contributed by atoms with E-state index in [1.54, 1.807) is 30.3 Å². The van der Waals surface area contributed by atoms with E-state index in [1.165, 1.54) is 12.1 Å². The van der Waals surface area contributed by atoms with E-state index in [4.69, 9.17) is 10.5 Å². The number of hydrogen-bond donors (Lipinski definition) is 2. The van der Waals surface area contributed by atoms with Gasteiger partial charge in [-0.15, -0.1) is 0 Å². The first-order valence-electron chi connectivity index (χ1n) is 7.81. The van der Waals surface area contributed by atoms with E-state index in [9.17, 15) is 8.78 Å². The maximum Gasteiger partial charge on any atom is 0.229 e. The van der Waals surface area contributed by atoms with Gasteiger partial charge in [0.1, 0.15) is 11.9 Å². The average Bonchev–Trinajstić information content (AvgIpc) is 2.67. The molecule has 0 amide bonds. The van der Waals surface area contributed by atoms with Crippen LogP contribution in [0.1, 0.15) is 11.1 Å². The highest BCUT2D eigenvalue weighted by molar-refractivity contribution is 5.61. The molecule has 2 aromatic carbocycles. The third kappa shape index (κ3) is 4.33. The summed E-state index contributed by atoms with van der Waals surface area (Å²) in [6, 6.07) is 14.6. The van der Waals surface area contributed by atoms with Gasteiger partial charge in [0.25, 0.3) is 0 Å². The van der Waals surface area contributed by atoms with Gasteiger partial charge in [-0.05, 0) is 35.9 Å². The highest BCUT2D eigenvalue weighted by Gasteiger charge is 2.10. The minimum atomic E-state index is -0.701. The second-order valence-electron chi connectivity index (χ2n) is 5.48. The number of nitrogens with zero attached hydrogens (tertiary/aromatic N) is 4.